The molecule has 2 aromatic heterocycles. The molecule has 1 aliphatic rings. The summed E-state index contributed by atoms with van der Waals surface area (Å²) in [4.78, 5) is 4.61. The average molecular weight is 286 g/mol. The molecule has 2 heterocycles. The van der Waals surface area contributed by atoms with Crippen molar-refractivity contribution >= 4 is 11.0 Å². The predicted octanol–water partition coefficient (Wildman–Crippen LogP) is 1.73. The predicted molar refractivity (Wildman–Crippen MR) is 76.0 cm³/mol. The van der Waals surface area contributed by atoms with Crippen LogP contribution in [0.4, 0.5) is 4.39 Å². The second-order valence-electron chi connectivity index (χ2n) is 5.33. The molecule has 0 unspecified atom stereocenters. The van der Waals surface area contributed by atoms with E-state index < -0.39 is 0 Å². The normalized spacial score (nSPS) is 15.0. The summed E-state index contributed by atoms with van der Waals surface area (Å²) < 4.78 is 17.3. The molecule has 1 fully saturated rings. The van der Waals surface area contributed by atoms with E-state index in [4.69, 9.17) is 5.73 Å². The highest BCUT2D eigenvalue weighted by molar-refractivity contribution is 5.80. The largest absolute Gasteiger partial charge is 0.329 e. The Hall–Kier alpha value is -2.28. The Morgan fingerprint density at radius 2 is 2.19 bits per heavy atom. The van der Waals surface area contributed by atoms with E-state index in [1.54, 1.807) is 10.7 Å². The van der Waals surface area contributed by atoms with Gasteiger partial charge in [-0.15, -0.1) is 5.10 Å². The molecule has 2 N–H and O–H groups in total. The van der Waals surface area contributed by atoms with Gasteiger partial charge in [0, 0.05) is 12.6 Å². The van der Waals surface area contributed by atoms with E-state index in [1.807, 2.05) is 6.20 Å². The van der Waals surface area contributed by atoms with Crippen molar-refractivity contribution in [3.63, 3.8) is 0 Å². The SMILES string of the molecule is NCCn1cc(-c2nc3ccc(F)cc3n2C2CC2)nn1. The summed E-state index contributed by atoms with van der Waals surface area (Å²) in [5.74, 6) is 0.504. The van der Waals surface area contributed by atoms with E-state index in [0.29, 0.717) is 24.8 Å². The highest BCUT2D eigenvalue weighted by atomic mass is 19.1. The first-order chi connectivity index (χ1) is 10.3. The van der Waals surface area contributed by atoms with Gasteiger partial charge in [0.05, 0.1) is 23.8 Å². The number of hydrogen-bond acceptors (Lipinski definition) is 4. The molecule has 1 aliphatic carbocycles. The molecule has 1 saturated carbocycles. The summed E-state index contributed by atoms with van der Waals surface area (Å²) in [6, 6.07) is 5.06. The Balaban J connectivity index is 1.88. The lowest BCUT2D eigenvalue weighted by Gasteiger charge is -2.04. The zero-order valence-electron chi connectivity index (χ0n) is 11.4. The maximum absolute atomic E-state index is 13.5. The van der Waals surface area contributed by atoms with Crippen LogP contribution in [0.2, 0.25) is 0 Å². The minimum atomic E-state index is -0.248. The minimum Gasteiger partial charge on any atom is -0.329 e. The van der Waals surface area contributed by atoms with Gasteiger partial charge in [-0.25, -0.2) is 9.37 Å². The van der Waals surface area contributed by atoms with Crippen LogP contribution in [-0.4, -0.2) is 31.1 Å². The Kier molecular flexibility index (Phi) is 2.75. The smallest absolute Gasteiger partial charge is 0.163 e. The van der Waals surface area contributed by atoms with Crippen LogP contribution >= 0.6 is 0 Å². The van der Waals surface area contributed by atoms with Crippen LogP contribution in [0.5, 0.6) is 0 Å². The van der Waals surface area contributed by atoms with Gasteiger partial charge in [0.25, 0.3) is 0 Å². The first kappa shape index (κ1) is 12.5. The molecule has 0 amide bonds. The summed E-state index contributed by atoms with van der Waals surface area (Å²) >= 11 is 0. The summed E-state index contributed by atoms with van der Waals surface area (Å²) in [7, 11) is 0. The Morgan fingerprint density at radius 1 is 1.33 bits per heavy atom. The number of fused-ring (bicyclic) bond motifs is 1. The van der Waals surface area contributed by atoms with Crippen LogP contribution in [0.25, 0.3) is 22.6 Å². The van der Waals surface area contributed by atoms with E-state index in [-0.39, 0.29) is 5.82 Å². The maximum Gasteiger partial charge on any atom is 0.163 e. The molecule has 108 valence electrons. The van der Waals surface area contributed by atoms with Crippen LogP contribution in [0.1, 0.15) is 18.9 Å². The van der Waals surface area contributed by atoms with Gasteiger partial charge < -0.3 is 10.3 Å². The Labute approximate surface area is 120 Å². The molecular weight excluding hydrogens is 271 g/mol. The molecule has 3 aromatic rings. The van der Waals surface area contributed by atoms with E-state index in [1.165, 1.54) is 12.1 Å². The monoisotopic (exact) mass is 286 g/mol. The van der Waals surface area contributed by atoms with Crippen molar-refractivity contribution in [3.8, 4) is 11.5 Å². The van der Waals surface area contributed by atoms with Gasteiger partial charge in [0.15, 0.2) is 5.82 Å². The number of rotatable bonds is 4. The standard InChI is InChI=1S/C14H15FN6/c15-9-1-4-11-13(7-9)21(10-2-3-10)14(17-11)12-8-20(6-5-16)19-18-12/h1,4,7-8,10H,2-3,5-6,16H2. The summed E-state index contributed by atoms with van der Waals surface area (Å²) in [5.41, 5.74) is 7.83. The number of aromatic nitrogens is 5. The highest BCUT2D eigenvalue weighted by Crippen LogP contribution is 2.40. The summed E-state index contributed by atoms with van der Waals surface area (Å²) in [6.07, 6.45) is 4.02. The maximum atomic E-state index is 13.5. The van der Waals surface area contributed by atoms with Gasteiger partial charge in [-0.3, -0.25) is 4.68 Å². The van der Waals surface area contributed by atoms with Crippen LogP contribution in [0, 0.1) is 5.82 Å². The van der Waals surface area contributed by atoms with Crippen molar-refractivity contribution < 1.29 is 4.39 Å². The quantitative estimate of drug-likeness (QED) is 0.792. The number of hydrogen-bond donors (Lipinski definition) is 1. The third kappa shape index (κ3) is 2.09. The highest BCUT2D eigenvalue weighted by Gasteiger charge is 2.29. The van der Waals surface area contributed by atoms with Crippen LogP contribution in [0.3, 0.4) is 0 Å². The van der Waals surface area contributed by atoms with Gasteiger partial charge >= 0.3 is 0 Å². The first-order valence-electron chi connectivity index (χ1n) is 7.04. The molecule has 0 aliphatic heterocycles. The zero-order chi connectivity index (χ0) is 14.4. The fraction of sp³-hybridized carbons (Fsp3) is 0.357. The lowest BCUT2D eigenvalue weighted by molar-refractivity contribution is 0.598. The molecule has 7 heteroatoms. The van der Waals surface area contributed by atoms with Crippen molar-refractivity contribution in [2.45, 2.75) is 25.4 Å². The number of halogens is 1. The van der Waals surface area contributed by atoms with Crippen molar-refractivity contribution in [1.82, 2.24) is 24.5 Å². The first-order valence-corrected chi connectivity index (χ1v) is 7.04. The Bertz CT molecular complexity index is 801. The zero-order valence-corrected chi connectivity index (χ0v) is 11.4. The third-order valence-corrected chi connectivity index (χ3v) is 3.69. The molecule has 0 atom stereocenters. The molecule has 6 nitrogen and oxygen atoms in total. The summed E-state index contributed by atoms with van der Waals surface area (Å²) in [5, 5.41) is 8.22. The number of imidazole rings is 1. The number of benzene rings is 1. The molecular formula is C14H15FN6. The van der Waals surface area contributed by atoms with Crippen LogP contribution in [0.15, 0.2) is 24.4 Å². The molecule has 0 saturated heterocycles. The van der Waals surface area contributed by atoms with Gasteiger partial charge in [-0.1, -0.05) is 5.21 Å². The van der Waals surface area contributed by atoms with Crippen LogP contribution < -0.4 is 5.73 Å². The van der Waals surface area contributed by atoms with Gasteiger partial charge in [0.1, 0.15) is 11.5 Å². The van der Waals surface area contributed by atoms with Crippen molar-refractivity contribution in [3.05, 3.63) is 30.2 Å². The molecule has 1 aromatic carbocycles. The Morgan fingerprint density at radius 3 is 2.95 bits per heavy atom. The third-order valence-electron chi connectivity index (χ3n) is 3.69. The topological polar surface area (TPSA) is 74.6 Å². The summed E-state index contributed by atoms with van der Waals surface area (Å²) in [6.45, 7) is 1.12. The van der Waals surface area contributed by atoms with Crippen molar-refractivity contribution in [2.75, 3.05) is 6.54 Å². The lowest BCUT2D eigenvalue weighted by Crippen LogP contribution is -2.10. The average Bonchev–Trinajstić information content (AvgIpc) is 3.08. The van der Waals surface area contributed by atoms with Gasteiger partial charge in [-0.2, -0.15) is 0 Å². The van der Waals surface area contributed by atoms with E-state index >= 15 is 0 Å². The number of nitrogens with zero attached hydrogens (tertiary/aromatic N) is 5. The van der Waals surface area contributed by atoms with Crippen molar-refractivity contribution in [1.29, 1.82) is 0 Å². The van der Waals surface area contributed by atoms with Crippen molar-refractivity contribution in [2.24, 2.45) is 5.73 Å². The minimum absolute atomic E-state index is 0.248. The lowest BCUT2D eigenvalue weighted by atomic mass is 10.3. The second kappa shape index (κ2) is 4.63. The van der Waals surface area contributed by atoms with E-state index in [9.17, 15) is 4.39 Å². The fourth-order valence-electron chi connectivity index (χ4n) is 2.59. The molecule has 0 spiro atoms. The van der Waals surface area contributed by atoms with Gasteiger partial charge in [-0.05, 0) is 31.0 Å². The fourth-order valence-corrected chi connectivity index (χ4v) is 2.59. The van der Waals surface area contributed by atoms with Crippen LogP contribution in [-0.2, 0) is 6.54 Å². The second-order valence-corrected chi connectivity index (χ2v) is 5.33. The van der Waals surface area contributed by atoms with E-state index in [2.05, 4.69) is 19.9 Å². The van der Waals surface area contributed by atoms with E-state index in [0.717, 1.165) is 29.7 Å². The number of nitrogens with two attached hydrogens (primary N) is 1. The van der Waals surface area contributed by atoms with Gasteiger partial charge in [0.2, 0.25) is 0 Å². The molecule has 4 rings (SSSR count). The molecule has 21 heavy (non-hydrogen) atoms. The molecule has 0 bridgehead atoms. The molecule has 0 radical (unpaired) electrons.